The van der Waals surface area contributed by atoms with Gasteiger partial charge in [-0.1, -0.05) is 11.8 Å². The number of nitrogens with zero attached hydrogens (tertiary/aromatic N) is 2. The van der Waals surface area contributed by atoms with Gasteiger partial charge in [-0.15, -0.1) is 0 Å². The fourth-order valence-corrected chi connectivity index (χ4v) is 3.71. The summed E-state index contributed by atoms with van der Waals surface area (Å²) in [6, 6.07) is 1.89. The monoisotopic (exact) mass is 331 g/mol. The van der Waals surface area contributed by atoms with Crippen LogP contribution in [-0.2, 0) is 18.6 Å². The largest absolute Gasteiger partial charge is 0.491 e. The summed E-state index contributed by atoms with van der Waals surface area (Å²) in [6.07, 6.45) is 4.64. The van der Waals surface area contributed by atoms with Crippen molar-refractivity contribution in [3.63, 3.8) is 0 Å². The first-order chi connectivity index (χ1) is 11.0. The maximum Gasteiger partial charge on any atom is 0.254 e. The molecule has 1 aliphatic rings. The third kappa shape index (κ3) is 3.58. The molecule has 0 unspecified atom stereocenters. The SMILES string of the molecule is Cc1nccc(OC(C)C)c1CSc1nc2c(c(=O)[nH]1)CCC2. The molecule has 5 nitrogen and oxygen atoms in total. The molecular formula is C17H21N3O2S. The van der Waals surface area contributed by atoms with Gasteiger partial charge in [0.15, 0.2) is 5.16 Å². The summed E-state index contributed by atoms with van der Waals surface area (Å²) >= 11 is 1.52. The second kappa shape index (κ2) is 6.74. The smallest absolute Gasteiger partial charge is 0.254 e. The summed E-state index contributed by atoms with van der Waals surface area (Å²) in [5.74, 6) is 1.52. The summed E-state index contributed by atoms with van der Waals surface area (Å²) in [5, 5.41) is 0.675. The number of pyridine rings is 1. The van der Waals surface area contributed by atoms with E-state index in [2.05, 4.69) is 15.0 Å². The van der Waals surface area contributed by atoms with Crippen LogP contribution in [0.2, 0.25) is 0 Å². The molecule has 23 heavy (non-hydrogen) atoms. The van der Waals surface area contributed by atoms with Crippen molar-refractivity contribution in [3.8, 4) is 5.75 Å². The summed E-state index contributed by atoms with van der Waals surface area (Å²) < 4.78 is 5.87. The van der Waals surface area contributed by atoms with Crippen molar-refractivity contribution in [2.45, 2.75) is 57.0 Å². The minimum absolute atomic E-state index is 0.0107. The number of hydrogen-bond acceptors (Lipinski definition) is 5. The van der Waals surface area contributed by atoms with Gasteiger partial charge >= 0.3 is 0 Å². The Bertz CT molecular complexity index is 771. The highest BCUT2D eigenvalue weighted by molar-refractivity contribution is 7.98. The van der Waals surface area contributed by atoms with Gasteiger partial charge in [0.25, 0.3) is 5.56 Å². The van der Waals surface area contributed by atoms with Crippen LogP contribution in [0.3, 0.4) is 0 Å². The number of nitrogens with one attached hydrogen (secondary N) is 1. The van der Waals surface area contributed by atoms with Crippen LogP contribution in [0.5, 0.6) is 5.75 Å². The van der Waals surface area contributed by atoms with E-state index in [1.165, 1.54) is 11.8 Å². The molecule has 0 spiro atoms. The molecule has 1 N–H and O–H groups in total. The Labute approximate surface area is 139 Å². The molecule has 6 heteroatoms. The van der Waals surface area contributed by atoms with E-state index in [1.807, 2.05) is 26.8 Å². The number of aromatic nitrogens is 3. The van der Waals surface area contributed by atoms with Crippen molar-refractivity contribution in [1.29, 1.82) is 0 Å². The number of aromatic amines is 1. The molecule has 0 aromatic carbocycles. The number of rotatable bonds is 5. The Morgan fingerprint density at radius 3 is 3.00 bits per heavy atom. The lowest BCUT2D eigenvalue weighted by molar-refractivity contribution is 0.240. The molecule has 0 radical (unpaired) electrons. The topological polar surface area (TPSA) is 67.9 Å². The maximum absolute atomic E-state index is 12.1. The molecule has 0 amide bonds. The average molecular weight is 331 g/mol. The van der Waals surface area contributed by atoms with Crippen LogP contribution in [0.15, 0.2) is 22.2 Å². The van der Waals surface area contributed by atoms with Gasteiger partial charge in [-0.05, 0) is 46.1 Å². The van der Waals surface area contributed by atoms with Gasteiger partial charge in [-0.2, -0.15) is 0 Å². The first kappa shape index (κ1) is 16.1. The Hall–Kier alpha value is -1.82. The molecule has 0 saturated carbocycles. The van der Waals surface area contributed by atoms with Crippen molar-refractivity contribution in [3.05, 3.63) is 45.1 Å². The maximum atomic E-state index is 12.1. The van der Waals surface area contributed by atoms with Crippen LogP contribution >= 0.6 is 11.8 Å². The second-order valence-corrected chi connectivity index (χ2v) is 6.94. The van der Waals surface area contributed by atoms with Crippen LogP contribution in [0, 0.1) is 6.92 Å². The van der Waals surface area contributed by atoms with Gasteiger partial charge in [0.2, 0.25) is 0 Å². The molecule has 0 atom stereocenters. The standard InChI is InChI=1S/C17H21N3O2S/c1-10(2)22-15-7-8-18-11(3)13(15)9-23-17-19-14-6-4-5-12(14)16(21)20-17/h7-8,10H,4-6,9H2,1-3H3,(H,19,20,21). The van der Waals surface area contributed by atoms with Crippen molar-refractivity contribution in [2.75, 3.05) is 0 Å². The minimum atomic E-state index is 0.0107. The zero-order valence-electron chi connectivity index (χ0n) is 13.7. The van der Waals surface area contributed by atoms with E-state index in [9.17, 15) is 4.79 Å². The Morgan fingerprint density at radius 1 is 1.39 bits per heavy atom. The normalized spacial score (nSPS) is 13.4. The Balaban J connectivity index is 1.81. The highest BCUT2D eigenvalue weighted by atomic mass is 32.2. The third-order valence-corrected chi connectivity index (χ3v) is 4.76. The summed E-state index contributed by atoms with van der Waals surface area (Å²) in [7, 11) is 0. The quantitative estimate of drug-likeness (QED) is 0.674. The van der Waals surface area contributed by atoms with Crippen molar-refractivity contribution in [2.24, 2.45) is 0 Å². The molecule has 1 aliphatic carbocycles. The highest BCUT2D eigenvalue weighted by Gasteiger charge is 2.18. The molecule has 0 fully saturated rings. The molecule has 3 rings (SSSR count). The van der Waals surface area contributed by atoms with Crippen LogP contribution < -0.4 is 10.3 Å². The summed E-state index contributed by atoms with van der Waals surface area (Å²) in [4.78, 5) is 23.9. The van der Waals surface area contributed by atoms with E-state index in [0.29, 0.717) is 10.9 Å². The van der Waals surface area contributed by atoms with E-state index < -0.39 is 0 Å². The van der Waals surface area contributed by atoms with Gasteiger partial charge in [0, 0.05) is 28.8 Å². The number of hydrogen-bond donors (Lipinski definition) is 1. The Kier molecular flexibility index (Phi) is 4.71. The minimum Gasteiger partial charge on any atom is -0.491 e. The van der Waals surface area contributed by atoms with Crippen molar-refractivity contribution >= 4 is 11.8 Å². The van der Waals surface area contributed by atoms with E-state index >= 15 is 0 Å². The van der Waals surface area contributed by atoms with Gasteiger partial charge < -0.3 is 9.72 Å². The predicted molar refractivity (Wildman–Crippen MR) is 91.2 cm³/mol. The van der Waals surface area contributed by atoms with E-state index in [0.717, 1.165) is 47.5 Å². The van der Waals surface area contributed by atoms with E-state index in [-0.39, 0.29) is 11.7 Å². The van der Waals surface area contributed by atoms with Crippen LogP contribution in [0.4, 0.5) is 0 Å². The number of aryl methyl sites for hydroxylation is 2. The van der Waals surface area contributed by atoms with Crippen LogP contribution in [-0.4, -0.2) is 21.1 Å². The zero-order chi connectivity index (χ0) is 16.4. The van der Waals surface area contributed by atoms with Crippen molar-refractivity contribution in [1.82, 2.24) is 15.0 Å². The molecule has 0 aliphatic heterocycles. The zero-order valence-corrected chi connectivity index (χ0v) is 14.5. The highest BCUT2D eigenvalue weighted by Crippen LogP contribution is 2.29. The third-order valence-electron chi connectivity index (χ3n) is 3.86. The molecule has 2 aromatic heterocycles. The molecule has 2 aromatic rings. The molecule has 2 heterocycles. The van der Waals surface area contributed by atoms with Crippen LogP contribution in [0.1, 0.15) is 42.8 Å². The molecular weight excluding hydrogens is 310 g/mol. The molecule has 0 bridgehead atoms. The number of fused-ring (bicyclic) bond motifs is 1. The lowest BCUT2D eigenvalue weighted by Crippen LogP contribution is -2.15. The van der Waals surface area contributed by atoms with E-state index in [4.69, 9.17) is 4.74 Å². The fourth-order valence-electron chi connectivity index (χ4n) is 2.74. The van der Waals surface area contributed by atoms with Gasteiger partial charge in [-0.25, -0.2) is 4.98 Å². The number of ether oxygens (including phenoxy) is 1. The molecule has 0 saturated heterocycles. The van der Waals surface area contributed by atoms with Gasteiger partial charge in [0.1, 0.15) is 5.75 Å². The van der Waals surface area contributed by atoms with E-state index in [1.54, 1.807) is 6.20 Å². The Morgan fingerprint density at radius 2 is 2.22 bits per heavy atom. The number of H-pyrrole nitrogens is 1. The number of thioether (sulfide) groups is 1. The molecule has 122 valence electrons. The lowest BCUT2D eigenvalue weighted by Gasteiger charge is -2.15. The second-order valence-electron chi connectivity index (χ2n) is 5.98. The summed E-state index contributed by atoms with van der Waals surface area (Å²) in [6.45, 7) is 5.99. The average Bonchev–Trinajstić information content (AvgIpc) is 2.95. The fraction of sp³-hybridized carbons (Fsp3) is 0.471. The lowest BCUT2D eigenvalue weighted by atomic mass is 10.2. The predicted octanol–water partition coefficient (Wildman–Crippen LogP) is 3.04. The van der Waals surface area contributed by atoms with Gasteiger partial charge in [0.05, 0.1) is 11.8 Å². The first-order valence-electron chi connectivity index (χ1n) is 7.90. The summed E-state index contributed by atoms with van der Waals surface area (Å²) in [5.41, 5.74) is 3.82. The van der Waals surface area contributed by atoms with Crippen LogP contribution in [0.25, 0.3) is 0 Å². The van der Waals surface area contributed by atoms with Gasteiger partial charge in [-0.3, -0.25) is 9.78 Å². The first-order valence-corrected chi connectivity index (χ1v) is 8.89. The van der Waals surface area contributed by atoms with Crippen molar-refractivity contribution < 1.29 is 4.74 Å².